The highest BCUT2D eigenvalue weighted by molar-refractivity contribution is 7.99. The van der Waals surface area contributed by atoms with Gasteiger partial charge in [0.1, 0.15) is 5.75 Å². The minimum Gasteiger partial charge on any atom is -0.495 e. The number of carbonyl (C=O) groups excluding carboxylic acids is 1. The number of hydrogen-bond acceptors (Lipinski definition) is 6. The molecule has 1 N–H and O–H groups in total. The summed E-state index contributed by atoms with van der Waals surface area (Å²) in [5, 5.41) is 14.4. The summed E-state index contributed by atoms with van der Waals surface area (Å²) in [7, 11) is 3.51. The second-order valence-electron chi connectivity index (χ2n) is 6.85. The van der Waals surface area contributed by atoms with Gasteiger partial charge in [-0.2, -0.15) is 0 Å². The lowest BCUT2D eigenvalue weighted by molar-refractivity contribution is -0.113. The van der Waals surface area contributed by atoms with E-state index < -0.39 is 0 Å². The van der Waals surface area contributed by atoms with Gasteiger partial charge in [0.2, 0.25) is 5.91 Å². The fraction of sp³-hybridized carbons (Fsp3) is 0.174. The Morgan fingerprint density at radius 2 is 1.87 bits per heavy atom. The molecule has 0 aliphatic carbocycles. The van der Waals surface area contributed by atoms with Gasteiger partial charge in [0, 0.05) is 28.4 Å². The van der Waals surface area contributed by atoms with Crippen molar-refractivity contribution in [2.45, 2.75) is 12.1 Å². The Balaban J connectivity index is 1.50. The van der Waals surface area contributed by atoms with Gasteiger partial charge < -0.3 is 14.6 Å². The first-order valence-electron chi connectivity index (χ1n) is 9.67. The SMILES string of the molecule is COc1ccccc1NC(=O)CSc1nnc(-c2csc(C)c2-c2ccccc2)n1C. The summed E-state index contributed by atoms with van der Waals surface area (Å²) in [6.45, 7) is 2.12. The largest absolute Gasteiger partial charge is 0.495 e. The van der Waals surface area contributed by atoms with E-state index in [0.717, 1.165) is 17.0 Å². The number of nitrogens with zero attached hydrogens (tertiary/aromatic N) is 3. The number of benzene rings is 2. The maximum absolute atomic E-state index is 12.4. The predicted octanol–water partition coefficient (Wildman–Crippen LogP) is 5.26. The van der Waals surface area contributed by atoms with Crippen LogP contribution in [0.15, 0.2) is 65.1 Å². The second-order valence-corrected chi connectivity index (χ2v) is 8.88. The van der Waals surface area contributed by atoms with Crippen LogP contribution in [0.25, 0.3) is 22.5 Å². The van der Waals surface area contributed by atoms with E-state index >= 15 is 0 Å². The van der Waals surface area contributed by atoms with Crippen molar-refractivity contribution in [3.63, 3.8) is 0 Å². The molecule has 2 aromatic heterocycles. The van der Waals surface area contributed by atoms with Crippen LogP contribution in [0.2, 0.25) is 0 Å². The van der Waals surface area contributed by atoms with Crippen molar-refractivity contribution in [1.82, 2.24) is 14.8 Å². The van der Waals surface area contributed by atoms with Gasteiger partial charge in [0.25, 0.3) is 0 Å². The Bertz CT molecular complexity index is 1200. The van der Waals surface area contributed by atoms with E-state index in [1.807, 2.05) is 54.1 Å². The maximum Gasteiger partial charge on any atom is 0.234 e. The summed E-state index contributed by atoms with van der Waals surface area (Å²) in [5.41, 5.74) is 4.03. The van der Waals surface area contributed by atoms with Crippen LogP contribution >= 0.6 is 23.1 Å². The maximum atomic E-state index is 12.4. The molecule has 0 unspecified atom stereocenters. The molecule has 6 nitrogen and oxygen atoms in total. The number of hydrogen-bond donors (Lipinski definition) is 1. The van der Waals surface area contributed by atoms with Gasteiger partial charge in [-0.3, -0.25) is 4.79 Å². The highest BCUT2D eigenvalue weighted by Gasteiger charge is 2.19. The number of ether oxygens (including phenoxy) is 1. The predicted molar refractivity (Wildman–Crippen MR) is 127 cm³/mol. The number of nitrogens with one attached hydrogen (secondary N) is 1. The molecular formula is C23H22N4O2S2. The van der Waals surface area contributed by atoms with E-state index in [2.05, 4.69) is 40.0 Å². The third kappa shape index (κ3) is 4.50. The zero-order valence-electron chi connectivity index (χ0n) is 17.5. The van der Waals surface area contributed by atoms with Crippen molar-refractivity contribution in [3.8, 4) is 28.3 Å². The number of rotatable bonds is 7. The lowest BCUT2D eigenvalue weighted by atomic mass is 10.0. The molecule has 158 valence electrons. The highest BCUT2D eigenvalue weighted by Crippen LogP contribution is 2.38. The third-order valence-electron chi connectivity index (χ3n) is 4.83. The monoisotopic (exact) mass is 450 g/mol. The number of aryl methyl sites for hydroxylation is 1. The molecule has 0 saturated heterocycles. The lowest BCUT2D eigenvalue weighted by Crippen LogP contribution is -2.15. The normalized spacial score (nSPS) is 10.8. The number of para-hydroxylation sites is 2. The van der Waals surface area contributed by atoms with Gasteiger partial charge in [-0.15, -0.1) is 21.5 Å². The first kappa shape index (κ1) is 21.1. The van der Waals surface area contributed by atoms with Crippen LogP contribution in [0, 0.1) is 6.92 Å². The number of aromatic nitrogens is 3. The van der Waals surface area contributed by atoms with Crippen molar-refractivity contribution < 1.29 is 9.53 Å². The van der Waals surface area contributed by atoms with Gasteiger partial charge in [-0.25, -0.2) is 0 Å². The van der Waals surface area contributed by atoms with Gasteiger partial charge in [0.05, 0.1) is 18.6 Å². The number of thioether (sulfide) groups is 1. The summed E-state index contributed by atoms with van der Waals surface area (Å²) in [4.78, 5) is 13.7. The lowest BCUT2D eigenvalue weighted by Gasteiger charge is -2.09. The van der Waals surface area contributed by atoms with Gasteiger partial charge >= 0.3 is 0 Å². The van der Waals surface area contributed by atoms with E-state index in [1.54, 1.807) is 18.4 Å². The number of thiophene rings is 1. The Labute approximate surface area is 189 Å². The number of amides is 1. The van der Waals surface area contributed by atoms with E-state index in [9.17, 15) is 4.79 Å². The average Bonchev–Trinajstić information content (AvgIpc) is 3.35. The summed E-state index contributed by atoms with van der Waals surface area (Å²) >= 11 is 3.05. The van der Waals surface area contributed by atoms with E-state index in [1.165, 1.54) is 22.2 Å². The Morgan fingerprint density at radius 3 is 2.65 bits per heavy atom. The molecule has 2 aromatic carbocycles. The molecule has 0 spiro atoms. The van der Waals surface area contributed by atoms with Crippen molar-refractivity contribution in [2.75, 3.05) is 18.2 Å². The molecule has 2 heterocycles. The molecule has 0 saturated carbocycles. The third-order valence-corrected chi connectivity index (χ3v) is 6.76. The smallest absolute Gasteiger partial charge is 0.234 e. The first-order valence-corrected chi connectivity index (χ1v) is 11.5. The molecule has 0 aliphatic rings. The van der Waals surface area contributed by atoms with Crippen molar-refractivity contribution in [1.29, 1.82) is 0 Å². The molecule has 1 amide bonds. The Kier molecular flexibility index (Phi) is 6.39. The summed E-state index contributed by atoms with van der Waals surface area (Å²) < 4.78 is 7.22. The van der Waals surface area contributed by atoms with Crippen molar-refractivity contribution >= 4 is 34.7 Å². The minimum atomic E-state index is -0.129. The van der Waals surface area contributed by atoms with E-state index in [4.69, 9.17) is 4.74 Å². The van der Waals surface area contributed by atoms with Gasteiger partial charge in [-0.05, 0) is 24.6 Å². The molecule has 0 radical (unpaired) electrons. The molecule has 31 heavy (non-hydrogen) atoms. The topological polar surface area (TPSA) is 69.0 Å². The molecular weight excluding hydrogens is 428 g/mol. The van der Waals surface area contributed by atoms with E-state index in [-0.39, 0.29) is 11.7 Å². The molecule has 0 fully saturated rings. The van der Waals surface area contributed by atoms with Crippen LogP contribution in [-0.4, -0.2) is 33.5 Å². The van der Waals surface area contributed by atoms with Gasteiger partial charge in [0.15, 0.2) is 11.0 Å². The van der Waals surface area contributed by atoms with Crippen LogP contribution < -0.4 is 10.1 Å². The van der Waals surface area contributed by atoms with Crippen molar-refractivity contribution in [2.24, 2.45) is 7.05 Å². The molecule has 0 bridgehead atoms. The van der Waals surface area contributed by atoms with Crippen molar-refractivity contribution in [3.05, 3.63) is 64.9 Å². The summed E-state index contributed by atoms with van der Waals surface area (Å²) in [5.74, 6) is 1.51. The number of methoxy groups -OCH3 is 1. The molecule has 0 aliphatic heterocycles. The van der Waals surface area contributed by atoms with Gasteiger partial charge in [-0.1, -0.05) is 54.2 Å². The summed E-state index contributed by atoms with van der Waals surface area (Å²) in [6, 6.07) is 17.6. The van der Waals surface area contributed by atoms with E-state index in [0.29, 0.717) is 16.6 Å². The zero-order chi connectivity index (χ0) is 21.8. The molecule has 8 heteroatoms. The van der Waals surface area contributed by atoms with Crippen LogP contribution in [-0.2, 0) is 11.8 Å². The van der Waals surface area contributed by atoms with Crippen LogP contribution in [0.4, 0.5) is 5.69 Å². The standard InChI is InChI=1S/C23H22N4O2S2/c1-15-21(16-9-5-4-6-10-16)17(13-30-15)22-25-26-23(27(22)2)31-14-20(28)24-18-11-7-8-12-19(18)29-3/h4-13H,14H2,1-3H3,(H,24,28). The zero-order valence-corrected chi connectivity index (χ0v) is 19.1. The quantitative estimate of drug-likeness (QED) is 0.389. The Morgan fingerprint density at radius 1 is 1.13 bits per heavy atom. The highest BCUT2D eigenvalue weighted by atomic mass is 32.2. The fourth-order valence-corrected chi connectivity index (χ4v) is 4.90. The summed E-state index contributed by atoms with van der Waals surface area (Å²) in [6.07, 6.45) is 0. The Hall–Kier alpha value is -3.10. The average molecular weight is 451 g/mol. The molecule has 0 atom stereocenters. The number of anilines is 1. The fourth-order valence-electron chi connectivity index (χ4n) is 3.32. The second kappa shape index (κ2) is 9.36. The molecule has 4 rings (SSSR count). The molecule has 4 aromatic rings. The first-order chi connectivity index (χ1) is 15.1. The van der Waals surface area contributed by atoms with Crippen LogP contribution in [0.1, 0.15) is 4.88 Å². The number of carbonyl (C=O) groups is 1. The van der Waals surface area contributed by atoms with Crippen LogP contribution in [0.3, 0.4) is 0 Å². The minimum absolute atomic E-state index is 0.129. The van der Waals surface area contributed by atoms with Crippen LogP contribution in [0.5, 0.6) is 5.75 Å².